The van der Waals surface area contributed by atoms with Crippen molar-refractivity contribution in [2.24, 2.45) is 0 Å². The van der Waals surface area contributed by atoms with Gasteiger partial charge in [0.15, 0.2) is 0 Å². The molecule has 0 radical (unpaired) electrons. The van der Waals surface area contributed by atoms with E-state index in [1.54, 1.807) is 0 Å². The lowest BCUT2D eigenvalue weighted by Gasteiger charge is -2.34. The number of benzene rings is 4. The molecule has 0 atom stereocenters. The standard InChI is InChI=1S/C28H24/c1-19-14-15-24-25-17-20(2)21(3)18-27(25)28(26(24)16-19,22-10-6-4-7-11-22)23-12-8-5-9-13-23/h4-18H,1-3H3. The van der Waals surface area contributed by atoms with E-state index in [9.17, 15) is 0 Å². The Labute approximate surface area is 167 Å². The van der Waals surface area contributed by atoms with Crippen molar-refractivity contribution in [3.63, 3.8) is 0 Å². The SMILES string of the molecule is Cc1ccc2c(c1)C(c1ccccc1)(c1ccccc1)c1cc(C)c(C)cc1-2. The van der Waals surface area contributed by atoms with Crippen molar-refractivity contribution in [1.29, 1.82) is 0 Å². The number of aryl methyl sites for hydroxylation is 3. The lowest BCUT2D eigenvalue weighted by molar-refractivity contribution is 0.766. The highest BCUT2D eigenvalue weighted by atomic mass is 14.5. The molecule has 0 aliphatic heterocycles. The summed E-state index contributed by atoms with van der Waals surface area (Å²) in [4.78, 5) is 0. The molecule has 4 aromatic carbocycles. The maximum Gasteiger partial charge on any atom is 0.0713 e. The fourth-order valence-electron chi connectivity index (χ4n) is 4.86. The van der Waals surface area contributed by atoms with Gasteiger partial charge in [0.1, 0.15) is 0 Å². The van der Waals surface area contributed by atoms with Crippen molar-refractivity contribution in [2.45, 2.75) is 26.2 Å². The summed E-state index contributed by atoms with van der Waals surface area (Å²) in [5.41, 5.74) is 11.9. The van der Waals surface area contributed by atoms with Crippen LogP contribution in [-0.2, 0) is 5.41 Å². The summed E-state index contributed by atoms with van der Waals surface area (Å²) in [6.07, 6.45) is 0. The predicted octanol–water partition coefficient (Wildman–Crippen LogP) is 6.97. The zero-order valence-electron chi connectivity index (χ0n) is 16.7. The summed E-state index contributed by atoms with van der Waals surface area (Å²) in [7, 11) is 0. The molecule has 28 heavy (non-hydrogen) atoms. The summed E-state index contributed by atoms with van der Waals surface area (Å²) in [5, 5.41) is 0. The maximum atomic E-state index is 2.42. The highest BCUT2D eigenvalue weighted by molar-refractivity contribution is 5.87. The largest absolute Gasteiger partial charge is 0.0713 e. The Hall–Kier alpha value is -3.12. The molecule has 0 heterocycles. The van der Waals surface area contributed by atoms with E-state index in [1.807, 2.05) is 0 Å². The molecular weight excluding hydrogens is 336 g/mol. The van der Waals surface area contributed by atoms with E-state index in [0.29, 0.717) is 0 Å². The Balaban J connectivity index is 2.00. The highest BCUT2D eigenvalue weighted by Gasteiger charge is 2.46. The van der Waals surface area contributed by atoms with E-state index in [1.165, 1.54) is 50.1 Å². The Morgan fingerprint density at radius 1 is 0.500 bits per heavy atom. The zero-order valence-corrected chi connectivity index (χ0v) is 16.7. The molecule has 4 aromatic rings. The molecule has 0 spiro atoms. The third kappa shape index (κ3) is 2.24. The third-order valence-corrected chi connectivity index (χ3v) is 6.32. The molecule has 0 saturated heterocycles. The Morgan fingerprint density at radius 2 is 1.04 bits per heavy atom. The normalized spacial score (nSPS) is 13.8. The van der Waals surface area contributed by atoms with Gasteiger partial charge in [-0.1, -0.05) is 96.6 Å². The summed E-state index contributed by atoms with van der Waals surface area (Å²) >= 11 is 0. The van der Waals surface area contributed by atoms with Crippen molar-refractivity contribution in [3.8, 4) is 11.1 Å². The third-order valence-electron chi connectivity index (χ3n) is 6.32. The molecular formula is C28H24. The van der Waals surface area contributed by atoms with Gasteiger partial charge in [-0.25, -0.2) is 0 Å². The maximum absolute atomic E-state index is 2.42. The van der Waals surface area contributed by atoms with Crippen molar-refractivity contribution >= 4 is 0 Å². The molecule has 0 bridgehead atoms. The second-order valence-corrected chi connectivity index (χ2v) is 8.01. The van der Waals surface area contributed by atoms with Crippen LogP contribution in [0.5, 0.6) is 0 Å². The van der Waals surface area contributed by atoms with Gasteiger partial charge in [0, 0.05) is 0 Å². The van der Waals surface area contributed by atoms with Crippen LogP contribution < -0.4 is 0 Å². The van der Waals surface area contributed by atoms with E-state index < -0.39 is 0 Å². The molecule has 0 aromatic heterocycles. The van der Waals surface area contributed by atoms with E-state index in [0.717, 1.165) is 0 Å². The highest BCUT2D eigenvalue weighted by Crippen LogP contribution is 2.56. The molecule has 1 aliphatic carbocycles. The molecule has 0 unspecified atom stereocenters. The van der Waals surface area contributed by atoms with Gasteiger partial charge >= 0.3 is 0 Å². The van der Waals surface area contributed by atoms with E-state index in [-0.39, 0.29) is 5.41 Å². The number of hydrogen-bond acceptors (Lipinski definition) is 0. The second-order valence-electron chi connectivity index (χ2n) is 8.01. The van der Waals surface area contributed by atoms with E-state index in [4.69, 9.17) is 0 Å². The molecule has 5 rings (SSSR count). The smallest absolute Gasteiger partial charge is 0.0622 e. The van der Waals surface area contributed by atoms with E-state index in [2.05, 4.69) is 112 Å². The summed E-state index contributed by atoms with van der Waals surface area (Å²) in [5.74, 6) is 0. The van der Waals surface area contributed by atoms with Crippen LogP contribution in [0.3, 0.4) is 0 Å². The average molecular weight is 361 g/mol. The molecule has 0 fully saturated rings. The van der Waals surface area contributed by atoms with Crippen LogP contribution in [0.25, 0.3) is 11.1 Å². The summed E-state index contributed by atoms with van der Waals surface area (Å²) in [6.45, 7) is 6.64. The number of hydrogen-bond donors (Lipinski definition) is 0. The summed E-state index contributed by atoms with van der Waals surface area (Å²) < 4.78 is 0. The molecule has 0 N–H and O–H groups in total. The minimum absolute atomic E-state index is 0.280. The topological polar surface area (TPSA) is 0 Å². The van der Waals surface area contributed by atoms with Crippen LogP contribution in [0.2, 0.25) is 0 Å². The first-order valence-electron chi connectivity index (χ1n) is 9.96. The fourth-order valence-corrected chi connectivity index (χ4v) is 4.86. The van der Waals surface area contributed by atoms with Crippen LogP contribution >= 0.6 is 0 Å². The van der Waals surface area contributed by atoms with Gasteiger partial charge in [-0.15, -0.1) is 0 Å². The van der Waals surface area contributed by atoms with Crippen molar-refractivity contribution in [2.75, 3.05) is 0 Å². The van der Waals surface area contributed by atoms with Crippen LogP contribution in [0, 0.1) is 20.8 Å². The fraction of sp³-hybridized carbons (Fsp3) is 0.143. The lowest BCUT2D eigenvalue weighted by Crippen LogP contribution is -2.28. The first-order chi connectivity index (χ1) is 13.6. The van der Waals surface area contributed by atoms with Gasteiger partial charge in [0.05, 0.1) is 5.41 Å². The molecule has 0 saturated carbocycles. The minimum atomic E-state index is -0.280. The Bertz CT molecular complexity index is 1130. The van der Waals surface area contributed by atoms with Crippen molar-refractivity contribution in [3.05, 3.63) is 130 Å². The number of rotatable bonds is 2. The molecule has 0 nitrogen and oxygen atoms in total. The van der Waals surface area contributed by atoms with Gasteiger partial charge in [-0.2, -0.15) is 0 Å². The van der Waals surface area contributed by atoms with Gasteiger partial charge in [-0.3, -0.25) is 0 Å². The van der Waals surface area contributed by atoms with Crippen LogP contribution in [0.1, 0.15) is 38.9 Å². The van der Waals surface area contributed by atoms with Crippen molar-refractivity contribution < 1.29 is 0 Å². The first-order valence-corrected chi connectivity index (χ1v) is 9.96. The Morgan fingerprint density at radius 3 is 1.64 bits per heavy atom. The summed E-state index contributed by atoms with van der Waals surface area (Å²) in [6, 6.07) is 33.7. The van der Waals surface area contributed by atoms with E-state index >= 15 is 0 Å². The van der Waals surface area contributed by atoms with Crippen molar-refractivity contribution in [1.82, 2.24) is 0 Å². The van der Waals surface area contributed by atoms with Gasteiger partial charge in [0.2, 0.25) is 0 Å². The lowest BCUT2D eigenvalue weighted by atomic mass is 9.67. The second kappa shape index (κ2) is 6.21. The van der Waals surface area contributed by atoms with Gasteiger partial charge in [0.25, 0.3) is 0 Å². The first kappa shape index (κ1) is 17.0. The average Bonchev–Trinajstić information content (AvgIpc) is 2.99. The van der Waals surface area contributed by atoms with Crippen LogP contribution in [0.4, 0.5) is 0 Å². The zero-order chi connectivity index (χ0) is 19.3. The predicted molar refractivity (Wildman–Crippen MR) is 118 cm³/mol. The molecule has 0 heteroatoms. The van der Waals surface area contributed by atoms with Crippen LogP contribution in [-0.4, -0.2) is 0 Å². The minimum Gasteiger partial charge on any atom is -0.0622 e. The van der Waals surface area contributed by atoms with Gasteiger partial charge in [-0.05, 0) is 65.3 Å². The number of fused-ring (bicyclic) bond motifs is 3. The monoisotopic (exact) mass is 360 g/mol. The van der Waals surface area contributed by atoms with Crippen LogP contribution in [0.15, 0.2) is 91.0 Å². The Kier molecular flexibility index (Phi) is 3.77. The quantitative estimate of drug-likeness (QED) is 0.319. The van der Waals surface area contributed by atoms with Gasteiger partial charge < -0.3 is 0 Å². The molecule has 136 valence electrons. The molecule has 0 amide bonds. The molecule has 1 aliphatic rings.